The number of carbonyl (C=O) groups is 1. The maximum atomic E-state index is 12.1. The molecule has 4 nitrogen and oxygen atoms in total. The average molecular weight is 417 g/mol. The highest BCUT2D eigenvalue weighted by molar-refractivity contribution is 14.1. The smallest absolute Gasteiger partial charge is 0.251 e. The van der Waals surface area contributed by atoms with Gasteiger partial charge in [-0.25, -0.2) is 0 Å². The second-order valence-electron chi connectivity index (χ2n) is 5.21. The molecule has 0 radical (unpaired) electrons. The van der Waals surface area contributed by atoms with Crippen LogP contribution in [0.3, 0.4) is 0 Å². The molecule has 5 heteroatoms. The lowest BCUT2D eigenvalue weighted by Crippen LogP contribution is -2.22. The van der Waals surface area contributed by atoms with Crippen LogP contribution in [0.5, 0.6) is 0 Å². The number of aromatic nitrogens is 2. The Morgan fingerprint density at radius 2 is 1.74 bits per heavy atom. The number of amides is 1. The maximum absolute atomic E-state index is 12.1. The monoisotopic (exact) mass is 417 g/mol. The second-order valence-corrected chi connectivity index (χ2v) is 6.46. The van der Waals surface area contributed by atoms with Crippen LogP contribution < -0.4 is 5.32 Å². The lowest BCUT2D eigenvalue weighted by molar-refractivity contribution is 0.0951. The van der Waals surface area contributed by atoms with Crippen molar-refractivity contribution in [2.24, 2.45) is 0 Å². The summed E-state index contributed by atoms with van der Waals surface area (Å²) in [7, 11) is 0. The Morgan fingerprint density at radius 1 is 1.04 bits per heavy atom. The van der Waals surface area contributed by atoms with Gasteiger partial charge in [-0.05, 0) is 64.0 Å². The number of nitrogens with zero attached hydrogens (tertiary/aromatic N) is 2. The molecule has 0 atom stereocenters. The molecule has 0 aliphatic rings. The summed E-state index contributed by atoms with van der Waals surface area (Å²) in [6.45, 7) is 1.27. The van der Waals surface area contributed by atoms with E-state index in [1.165, 1.54) is 5.56 Å². The molecule has 0 aliphatic heterocycles. The van der Waals surface area contributed by atoms with Crippen LogP contribution in [-0.2, 0) is 13.1 Å². The topological polar surface area (TPSA) is 46.9 Å². The highest BCUT2D eigenvalue weighted by Gasteiger charge is 2.05. The summed E-state index contributed by atoms with van der Waals surface area (Å²) < 4.78 is 3.00. The fourth-order valence-electron chi connectivity index (χ4n) is 2.23. The molecule has 3 aromatic rings. The van der Waals surface area contributed by atoms with Crippen molar-refractivity contribution in [2.75, 3.05) is 0 Å². The Balaban J connectivity index is 1.56. The van der Waals surface area contributed by atoms with E-state index in [1.54, 1.807) is 6.20 Å². The molecule has 23 heavy (non-hydrogen) atoms. The largest absolute Gasteiger partial charge is 0.348 e. The van der Waals surface area contributed by atoms with Crippen LogP contribution in [0.25, 0.3) is 0 Å². The minimum Gasteiger partial charge on any atom is -0.348 e. The molecule has 116 valence electrons. The molecule has 0 bridgehead atoms. The molecular formula is C18H16IN3O. The number of carbonyl (C=O) groups excluding carboxylic acids is 1. The number of hydrogen-bond acceptors (Lipinski definition) is 2. The van der Waals surface area contributed by atoms with Crippen molar-refractivity contribution < 1.29 is 4.79 Å². The van der Waals surface area contributed by atoms with Crippen molar-refractivity contribution in [1.29, 1.82) is 0 Å². The van der Waals surface area contributed by atoms with Crippen molar-refractivity contribution in [2.45, 2.75) is 13.1 Å². The number of nitrogens with one attached hydrogen (secondary N) is 1. The molecule has 1 aromatic heterocycles. The van der Waals surface area contributed by atoms with Crippen molar-refractivity contribution in [3.63, 3.8) is 0 Å². The summed E-state index contributed by atoms with van der Waals surface area (Å²) in [5, 5.41) is 7.13. The van der Waals surface area contributed by atoms with Gasteiger partial charge in [0.1, 0.15) is 0 Å². The molecule has 2 aromatic carbocycles. The van der Waals surface area contributed by atoms with Gasteiger partial charge < -0.3 is 5.32 Å². The number of rotatable bonds is 5. The summed E-state index contributed by atoms with van der Waals surface area (Å²) >= 11 is 2.22. The van der Waals surface area contributed by atoms with E-state index < -0.39 is 0 Å². The van der Waals surface area contributed by atoms with Crippen LogP contribution in [0.15, 0.2) is 67.0 Å². The summed E-state index contributed by atoms with van der Waals surface area (Å²) in [6, 6.07) is 17.6. The van der Waals surface area contributed by atoms with E-state index in [0.717, 1.165) is 15.7 Å². The van der Waals surface area contributed by atoms with Gasteiger partial charge in [-0.1, -0.05) is 24.3 Å². The molecule has 1 heterocycles. The molecule has 0 aliphatic carbocycles. The predicted molar refractivity (Wildman–Crippen MR) is 98.1 cm³/mol. The van der Waals surface area contributed by atoms with Crippen molar-refractivity contribution in [3.8, 4) is 0 Å². The molecule has 0 unspecified atom stereocenters. The van der Waals surface area contributed by atoms with Gasteiger partial charge in [0.25, 0.3) is 5.91 Å². The molecule has 0 saturated carbocycles. The second kappa shape index (κ2) is 7.41. The molecular weight excluding hydrogens is 401 g/mol. The van der Waals surface area contributed by atoms with Crippen LogP contribution in [-0.4, -0.2) is 15.7 Å². The van der Waals surface area contributed by atoms with E-state index in [0.29, 0.717) is 12.1 Å². The van der Waals surface area contributed by atoms with Crippen LogP contribution in [0.1, 0.15) is 21.5 Å². The fourth-order valence-corrected chi connectivity index (χ4v) is 2.59. The Hall–Kier alpha value is -2.15. The summed E-state index contributed by atoms with van der Waals surface area (Å²) in [4.78, 5) is 12.1. The Labute approximate surface area is 148 Å². The first-order valence-electron chi connectivity index (χ1n) is 7.30. The lowest BCUT2D eigenvalue weighted by atomic mass is 10.1. The highest BCUT2D eigenvalue weighted by Crippen LogP contribution is 2.08. The van der Waals surface area contributed by atoms with E-state index in [2.05, 4.69) is 45.1 Å². The van der Waals surface area contributed by atoms with Crippen LogP contribution >= 0.6 is 22.6 Å². The maximum Gasteiger partial charge on any atom is 0.251 e. The van der Waals surface area contributed by atoms with Crippen molar-refractivity contribution in [1.82, 2.24) is 15.1 Å². The minimum absolute atomic E-state index is 0.0537. The van der Waals surface area contributed by atoms with Gasteiger partial charge in [0, 0.05) is 28.1 Å². The fraction of sp³-hybridized carbons (Fsp3) is 0.111. The minimum atomic E-state index is -0.0537. The van der Waals surface area contributed by atoms with Crippen LogP contribution in [0.2, 0.25) is 0 Å². The first kappa shape index (κ1) is 15.7. The van der Waals surface area contributed by atoms with Gasteiger partial charge in [-0.2, -0.15) is 5.10 Å². The van der Waals surface area contributed by atoms with Gasteiger partial charge in [0.2, 0.25) is 0 Å². The van der Waals surface area contributed by atoms with E-state index in [9.17, 15) is 4.79 Å². The third-order valence-electron chi connectivity index (χ3n) is 3.49. The molecule has 0 spiro atoms. The van der Waals surface area contributed by atoms with E-state index in [-0.39, 0.29) is 5.91 Å². The zero-order valence-electron chi connectivity index (χ0n) is 12.4. The average Bonchev–Trinajstić information content (AvgIpc) is 3.07. The van der Waals surface area contributed by atoms with E-state index >= 15 is 0 Å². The molecule has 1 N–H and O–H groups in total. The highest BCUT2D eigenvalue weighted by atomic mass is 127. The quantitative estimate of drug-likeness (QED) is 0.647. The number of halogens is 1. The zero-order chi connectivity index (χ0) is 16.1. The van der Waals surface area contributed by atoms with Gasteiger partial charge in [0.15, 0.2) is 0 Å². The first-order valence-corrected chi connectivity index (χ1v) is 8.37. The normalized spacial score (nSPS) is 10.5. The van der Waals surface area contributed by atoms with Crippen molar-refractivity contribution in [3.05, 3.63) is 87.3 Å². The van der Waals surface area contributed by atoms with Crippen molar-refractivity contribution >= 4 is 28.5 Å². The molecule has 0 fully saturated rings. The number of hydrogen-bond donors (Lipinski definition) is 1. The van der Waals surface area contributed by atoms with E-state index in [4.69, 9.17) is 0 Å². The Bertz CT molecular complexity index is 765. The Morgan fingerprint density at radius 3 is 2.39 bits per heavy atom. The van der Waals surface area contributed by atoms with Crippen LogP contribution in [0.4, 0.5) is 0 Å². The van der Waals surface area contributed by atoms with E-state index in [1.807, 2.05) is 53.3 Å². The molecule has 0 saturated heterocycles. The van der Waals surface area contributed by atoms with Gasteiger partial charge in [-0.15, -0.1) is 0 Å². The number of benzene rings is 2. The lowest BCUT2D eigenvalue weighted by Gasteiger charge is -2.07. The first-order chi connectivity index (χ1) is 11.2. The summed E-state index contributed by atoms with van der Waals surface area (Å²) in [5.74, 6) is -0.0537. The summed E-state index contributed by atoms with van der Waals surface area (Å²) in [6.07, 6.45) is 3.71. The molecule has 3 rings (SSSR count). The molecule has 1 amide bonds. The Kier molecular flexibility index (Phi) is 5.07. The zero-order valence-corrected chi connectivity index (χ0v) is 14.6. The van der Waals surface area contributed by atoms with Gasteiger partial charge in [0.05, 0.1) is 6.54 Å². The predicted octanol–water partition coefficient (Wildman–Crippen LogP) is 3.47. The SMILES string of the molecule is O=C(NCc1ccc(Cn2cccn2)cc1)c1ccc(I)cc1. The third-order valence-corrected chi connectivity index (χ3v) is 4.21. The van der Waals surface area contributed by atoms with Crippen LogP contribution in [0, 0.1) is 3.57 Å². The standard InChI is InChI=1S/C18H16IN3O/c19-17-8-6-16(7-9-17)18(23)20-12-14-2-4-15(5-3-14)13-22-11-1-10-21-22/h1-11H,12-13H2,(H,20,23). The van der Waals surface area contributed by atoms with Gasteiger partial charge >= 0.3 is 0 Å². The van der Waals surface area contributed by atoms with Gasteiger partial charge in [-0.3, -0.25) is 9.48 Å². The summed E-state index contributed by atoms with van der Waals surface area (Å²) in [5.41, 5.74) is 2.94. The third kappa shape index (κ3) is 4.41.